The lowest BCUT2D eigenvalue weighted by molar-refractivity contribution is -0.176. The zero-order chi connectivity index (χ0) is 13.1. The van der Waals surface area contributed by atoms with Gasteiger partial charge in [-0.1, -0.05) is 39.7 Å². The molecule has 0 heterocycles. The van der Waals surface area contributed by atoms with Crippen LogP contribution in [0.4, 0.5) is 0 Å². The first kappa shape index (κ1) is 16.2. The lowest BCUT2D eigenvalue weighted by atomic mass is 10.2. The smallest absolute Gasteiger partial charge is 0.335 e. The van der Waals surface area contributed by atoms with Gasteiger partial charge in [0.05, 0.1) is 6.61 Å². The van der Waals surface area contributed by atoms with Crippen LogP contribution in [0.1, 0.15) is 59.3 Å². The summed E-state index contributed by atoms with van der Waals surface area (Å²) < 4.78 is 10.8. The van der Waals surface area contributed by atoms with Gasteiger partial charge in [0.1, 0.15) is 0 Å². The highest BCUT2D eigenvalue weighted by Gasteiger charge is 2.14. The topological polar surface area (TPSA) is 35.5 Å². The van der Waals surface area contributed by atoms with E-state index in [1.807, 2.05) is 0 Å². The maximum absolute atomic E-state index is 11.4. The molecule has 0 aromatic heterocycles. The van der Waals surface area contributed by atoms with Crippen molar-refractivity contribution in [2.45, 2.75) is 65.6 Å². The zero-order valence-electron chi connectivity index (χ0n) is 11.5. The molecule has 0 radical (unpaired) electrons. The highest BCUT2D eigenvalue weighted by molar-refractivity contribution is 5.86. The third-order valence-electron chi connectivity index (χ3n) is 2.43. The van der Waals surface area contributed by atoms with Gasteiger partial charge in [0.25, 0.3) is 0 Å². The minimum atomic E-state index is -0.405. The van der Waals surface area contributed by atoms with Crippen LogP contribution in [0.5, 0.6) is 0 Å². The minimum Gasteiger partial charge on any atom is -0.432 e. The van der Waals surface area contributed by atoms with Gasteiger partial charge in [0, 0.05) is 12.0 Å². The molecule has 0 rings (SSSR count). The first-order valence-corrected chi connectivity index (χ1v) is 6.59. The molecule has 1 atom stereocenters. The Kier molecular flexibility index (Phi) is 9.83. The van der Waals surface area contributed by atoms with Crippen molar-refractivity contribution in [1.82, 2.24) is 0 Å². The van der Waals surface area contributed by atoms with E-state index in [9.17, 15) is 4.79 Å². The normalized spacial score (nSPS) is 12.2. The Morgan fingerprint density at radius 3 is 2.35 bits per heavy atom. The Labute approximate surface area is 105 Å². The van der Waals surface area contributed by atoms with Crippen molar-refractivity contribution in [1.29, 1.82) is 0 Å². The summed E-state index contributed by atoms with van der Waals surface area (Å²) in [6, 6.07) is 0. The molecule has 0 fully saturated rings. The van der Waals surface area contributed by atoms with E-state index in [1.165, 1.54) is 0 Å². The Morgan fingerprint density at radius 1 is 1.18 bits per heavy atom. The molecule has 17 heavy (non-hydrogen) atoms. The Balaban J connectivity index is 4.00. The van der Waals surface area contributed by atoms with Crippen molar-refractivity contribution in [2.75, 3.05) is 6.61 Å². The number of esters is 1. The molecule has 0 aliphatic heterocycles. The minimum absolute atomic E-state index is 0.358. The Hall–Kier alpha value is -0.830. The van der Waals surface area contributed by atoms with Crippen molar-refractivity contribution < 1.29 is 14.3 Å². The largest absolute Gasteiger partial charge is 0.432 e. The molecular formula is C14H26O3. The van der Waals surface area contributed by atoms with Gasteiger partial charge in [-0.25, -0.2) is 4.79 Å². The molecule has 0 saturated heterocycles. The van der Waals surface area contributed by atoms with E-state index < -0.39 is 6.29 Å². The second-order valence-corrected chi connectivity index (χ2v) is 4.34. The molecular weight excluding hydrogens is 216 g/mol. The van der Waals surface area contributed by atoms with Crippen LogP contribution in [-0.4, -0.2) is 18.9 Å². The number of unbranched alkanes of at least 4 members (excludes halogenated alkanes) is 3. The number of rotatable bonds is 10. The number of hydrogen-bond donors (Lipinski definition) is 0. The molecule has 1 unspecified atom stereocenters. The van der Waals surface area contributed by atoms with Crippen molar-refractivity contribution >= 4 is 5.97 Å². The van der Waals surface area contributed by atoms with E-state index >= 15 is 0 Å². The van der Waals surface area contributed by atoms with Crippen LogP contribution in [-0.2, 0) is 14.3 Å². The second-order valence-electron chi connectivity index (χ2n) is 4.34. The summed E-state index contributed by atoms with van der Waals surface area (Å²) in [5.41, 5.74) is 0.421. The average molecular weight is 242 g/mol. The maximum atomic E-state index is 11.4. The van der Waals surface area contributed by atoms with Crippen LogP contribution in [0.3, 0.4) is 0 Å². The molecule has 0 aromatic carbocycles. The van der Waals surface area contributed by atoms with Gasteiger partial charge < -0.3 is 9.47 Å². The van der Waals surface area contributed by atoms with E-state index in [0.29, 0.717) is 12.2 Å². The van der Waals surface area contributed by atoms with Crippen LogP contribution in [0, 0.1) is 0 Å². The number of carbonyl (C=O) groups excluding carboxylic acids is 1. The summed E-state index contributed by atoms with van der Waals surface area (Å²) in [5.74, 6) is -0.358. The van der Waals surface area contributed by atoms with E-state index in [-0.39, 0.29) is 5.97 Å². The SMILES string of the molecule is C=C(C)C(=O)OC(CCCCC)OCCCC. The summed E-state index contributed by atoms with van der Waals surface area (Å²) in [4.78, 5) is 11.4. The molecule has 0 saturated carbocycles. The maximum Gasteiger partial charge on any atom is 0.335 e. The summed E-state index contributed by atoms with van der Waals surface area (Å²) in [5, 5.41) is 0. The van der Waals surface area contributed by atoms with Gasteiger partial charge in [0.15, 0.2) is 0 Å². The van der Waals surface area contributed by atoms with Crippen LogP contribution in [0.25, 0.3) is 0 Å². The summed E-state index contributed by atoms with van der Waals surface area (Å²) >= 11 is 0. The van der Waals surface area contributed by atoms with Crippen LogP contribution in [0.2, 0.25) is 0 Å². The fraction of sp³-hybridized carbons (Fsp3) is 0.786. The quantitative estimate of drug-likeness (QED) is 0.253. The van der Waals surface area contributed by atoms with Crippen LogP contribution in [0.15, 0.2) is 12.2 Å². The van der Waals surface area contributed by atoms with Gasteiger partial charge in [-0.05, 0) is 19.8 Å². The van der Waals surface area contributed by atoms with Gasteiger partial charge in [-0.15, -0.1) is 0 Å². The van der Waals surface area contributed by atoms with Crippen molar-refractivity contribution in [2.24, 2.45) is 0 Å². The van der Waals surface area contributed by atoms with Gasteiger partial charge >= 0.3 is 5.97 Å². The Bertz CT molecular complexity index is 214. The number of ether oxygens (including phenoxy) is 2. The highest BCUT2D eigenvalue weighted by atomic mass is 16.7. The third-order valence-corrected chi connectivity index (χ3v) is 2.43. The van der Waals surface area contributed by atoms with Crippen molar-refractivity contribution in [3.05, 3.63) is 12.2 Å². The summed E-state index contributed by atoms with van der Waals surface area (Å²) in [6.45, 7) is 10.1. The molecule has 3 heteroatoms. The second kappa shape index (κ2) is 10.3. The number of hydrogen-bond acceptors (Lipinski definition) is 3. The molecule has 0 bridgehead atoms. The molecule has 0 aromatic rings. The molecule has 0 spiro atoms. The fourth-order valence-corrected chi connectivity index (χ4v) is 1.32. The van der Waals surface area contributed by atoms with E-state index in [1.54, 1.807) is 6.92 Å². The van der Waals surface area contributed by atoms with Crippen molar-refractivity contribution in [3.8, 4) is 0 Å². The van der Waals surface area contributed by atoms with Crippen molar-refractivity contribution in [3.63, 3.8) is 0 Å². The standard InChI is InChI=1S/C14H26O3/c1-5-7-9-10-13(16-11-8-6-2)17-14(15)12(3)4/h13H,3,5-11H2,1-2,4H3. The van der Waals surface area contributed by atoms with Gasteiger partial charge in [-0.3, -0.25) is 0 Å². The summed E-state index contributed by atoms with van der Waals surface area (Å²) in [6.07, 6.45) is 5.75. The molecule has 3 nitrogen and oxygen atoms in total. The molecule has 0 aliphatic rings. The predicted octanol–water partition coefficient (Wildman–Crippen LogP) is 3.83. The van der Waals surface area contributed by atoms with Gasteiger partial charge in [-0.2, -0.15) is 0 Å². The number of carbonyl (C=O) groups is 1. The van der Waals surface area contributed by atoms with Crippen LogP contribution < -0.4 is 0 Å². The first-order valence-electron chi connectivity index (χ1n) is 6.59. The zero-order valence-corrected chi connectivity index (χ0v) is 11.5. The highest BCUT2D eigenvalue weighted by Crippen LogP contribution is 2.11. The molecule has 0 aliphatic carbocycles. The summed E-state index contributed by atoms with van der Waals surface area (Å²) in [7, 11) is 0. The first-order chi connectivity index (χ1) is 8.11. The Morgan fingerprint density at radius 2 is 1.82 bits per heavy atom. The lowest BCUT2D eigenvalue weighted by Gasteiger charge is -2.18. The molecule has 0 amide bonds. The van der Waals surface area contributed by atoms with E-state index in [4.69, 9.17) is 9.47 Å². The van der Waals surface area contributed by atoms with E-state index in [2.05, 4.69) is 20.4 Å². The van der Waals surface area contributed by atoms with Gasteiger partial charge in [0.2, 0.25) is 6.29 Å². The fourth-order valence-electron chi connectivity index (χ4n) is 1.32. The van der Waals surface area contributed by atoms with E-state index in [0.717, 1.165) is 38.5 Å². The average Bonchev–Trinajstić information content (AvgIpc) is 2.29. The van der Waals surface area contributed by atoms with Crippen LogP contribution >= 0.6 is 0 Å². The third kappa shape index (κ3) is 8.93. The lowest BCUT2D eigenvalue weighted by Crippen LogP contribution is -2.22. The predicted molar refractivity (Wildman–Crippen MR) is 69.7 cm³/mol. The molecule has 0 N–H and O–H groups in total. The monoisotopic (exact) mass is 242 g/mol. The molecule has 100 valence electrons.